The molecule has 1 aliphatic heterocycles. The Kier molecular flexibility index (Phi) is 5.39. The Bertz CT molecular complexity index is 904. The molecule has 1 saturated heterocycles. The van der Waals surface area contributed by atoms with Gasteiger partial charge in [0, 0.05) is 15.6 Å². The molecule has 1 heterocycles. The second kappa shape index (κ2) is 7.58. The number of esters is 1. The molecule has 1 fully saturated rings. The third-order valence-corrected chi connectivity index (χ3v) is 4.90. The lowest BCUT2D eigenvalue weighted by atomic mass is 9.92. The SMILES string of the molecule is C[C@]1(c2ccccc2)NC(=O)N(CC(=O)OCc2ccc(Cl)cc2Cl)C1=O. The third kappa shape index (κ3) is 3.91. The number of ether oxygens (including phenoxy) is 1. The van der Waals surface area contributed by atoms with Gasteiger partial charge in [0.15, 0.2) is 0 Å². The minimum atomic E-state index is -1.22. The number of halogens is 2. The van der Waals surface area contributed by atoms with E-state index in [1.807, 2.05) is 6.07 Å². The summed E-state index contributed by atoms with van der Waals surface area (Å²) >= 11 is 11.9. The van der Waals surface area contributed by atoms with Gasteiger partial charge in [0.2, 0.25) is 0 Å². The summed E-state index contributed by atoms with van der Waals surface area (Å²) in [5, 5.41) is 3.46. The Labute approximate surface area is 166 Å². The normalized spacial score (nSPS) is 19.1. The summed E-state index contributed by atoms with van der Waals surface area (Å²) in [6, 6.07) is 13.0. The molecule has 1 N–H and O–H groups in total. The van der Waals surface area contributed by atoms with Crippen LogP contribution >= 0.6 is 23.2 Å². The summed E-state index contributed by atoms with van der Waals surface area (Å²) in [7, 11) is 0. The zero-order valence-electron chi connectivity index (χ0n) is 14.4. The quantitative estimate of drug-likeness (QED) is 0.608. The second-order valence-electron chi connectivity index (χ2n) is 6.21. The molecular formula is C19H16Cl2N2O4. The van der Waals surface area contributed by atoms with E-state index >= 15 is 0 Å². The average Bonchev–Trinajstić information content (AvgIpc) is 2.86. The predicted molar refractivity (Wildman–Crippen MR) is 100 cm³/mol. The van der Waals surface area contributed by atoms with Crippen LogP contribution in [-0.2, 0) is 26.5 Å². The summed E-state index contributed by atoms with van der Waals surface area (Å²) in [5.74, 6) is -1.23. The van der Waals surface area contributed by atoms with Crippen LogP contribution in [0.3, 0.4) is 0 Å². The summed E-state index contributed by atoms with van der Waals surface area (Å²) in [6.07, 6.45) is 0. The Hall–Kier alpha value is -2.57. The molecule has 6 nitrogen and oxygen atoms in total. The fourth-order valence-corrected chi connectivity index (χ4v) is 3.24. The van der Waals surface area contributed by atoms with Crippen molar-refractivity contribution in [3.8, 4) is 0 Å². The second-order valence-corrected chi connectivity index (χ2v) is 7.05. The van der Waals surface area contributed by atoms with Crippen molar-refractivity contribution in [3.63, 3.8) is 0 Å². The van der Waals surface area contributed by atoms with Crippen molar-refractivity contribution >= 4 is 41.1 Å². The third-order valence-electron chi connectivity index (χ3n) is 4.32. The minimum absolute atomic E-state index is 0.0889. The van der Waals surface area contributed by atoms with Crippen molar-refractivity contribution in [1.29, 1.82) is 0 Å². The molecule has 0 unspecified atom stereocenters. The topological polar surface area (TPSA) is 75.7 Å². The van der Waals surface area contributed by atoms with Crippen LogP contribution in [0.4, 0.5) is 4.79 Å². The van der Waals surface area contributed by atoms with Gasteiger partial charge in [-0.25, -0.2) is 4.79 Å². The van der Waals surface area contributed by atoms with Crippen LogP contribution in [0.5, 0.6) is 0 Å². The van der Waals surface area contributed by atoms with Crippen LogP contribution in [0.2, 0.25) is 10.0 Å². The zero-order valence-corrected chi connectivity index (χ0v) is 15.9. The summed E-state index contributed by atoms with van der Waals surface area (Å²) in [6.45, 7) is 1.02. The van der Waals surface area contributed by atoms with Crippen LogP contribution in [0.1, 0.15) is 18.1 Å². The van der Waals surface area contributed by atoms with Crippen LogP contribution in [0.25, 0.3) is 0 Å². The van der Waals surface area contributed by atoms with Crippen LogP contribution in [0.15, 0.2) is 48.5 Å². The van der Waals surface area contributed by atoms with Gasteiger partial charge in [-0.1, -0.05) is 59.6 Å². The molecule has 8 heteroatoms. The first kappa shape index (κ1) is 19.2. The van der Waals surface area contributed by atoms with Gasteiger partial charge < -0.3 is 10.1 Å². The number of hydrogen-bond acceptors (Lipinski definition) is 4. The number of nitrogens with one attached hydrogen (secondary N) is 1. The van der Waals surface area contributed by atoms with Crippen molar-refractivity contribution in [3.05, 3.63) is 69.7 Å². The van der Waals surface area contributed by atoms with E-state index in [1.165, 1.54) is 6.07 Å². The molecule has 0 saturated carbocycles. The molecule has 2 aromatic carbocycles. The van der Waals surface area contributed by atoms with Crippen molar-refractivity contribution in [2.45, 2.75) is 19.1 Å². The van der Waals surface area contributed by atoms with Gasteiger partial charge in [-0.05, 0) is 24.6 Å². The van der Waals surface area contributed by atoms with Crippen molar-refractivity contribution in [2.75, 3.05) is 6.54 Å². The van der Waals surface area contributed by atoms with Crippen LogP contribution in [-0.4, -0.2) is 29.4 Å². The predicted octanol–water partition coefficient (Wildman–Crippen LogP) is 3.50. The molecule has 27 heavy (non-hydrogen) atoms. The smallest absolute Gasteiger partial charge is 0.326 e. The molecule has 3 amide bonds. The van der Waals surface area contributed by atoms with E-state index in [0.717, 1.165) is 4.90 Å². The summed E-state index contributed by atoms with van der Waals surface area (Å²) in [4.78, 5) is 37.9. The Morgan fingerprint density at radius 1 is 1.15 bits per heavy atom. The maximum Gasteiger partial charge on any atom is 0.326 e. The van der Waals surface area contributed by atoms with E-state index in [-0.39, 0.29) is 6.61 Å². The van der Waals surface area contributed by atoms with Gasteiger partial charge >= 0.3 is 12.0 Å². The molecule has 1 atom stereocenters. The lowest BCUT2D eigenvalue weighted by Gasteiger charge is -2.21. The highest BCUT2D eigenvalue weighted by atomic mass is 35.5. The lowest BCUT2D eigenvalue weighted by Crippen LogP contribution is -2.41. The molecule has 2 aromatic rings. The molecule has 0 aliphatic carbocycles. The van der Waals surface area contributed by atoms with Crippen molar-refractivity contribution in [1.82, 2.24) is 10.2 Å². The van der Waals surface area contributed by atoms with E-state index < -0.39 is 30.0 Å². The highest BCUT2D eigenvalue weighted by molar-refractivity contribution is 6.35. The number of amides is 3. The van der Waals surface area contributed by atoms with Gasteiger partial charge in [-0.3, -0.25) is 14.5 Å². The van der Waals surface area contributed by atoms with E-state index in [9.17, 15) is 14.4 Å². The molecule has 1 aliphatic rings. The Morgan fingerprint density at radius 3 is 2.52 bits per heavy atom. The van der Waals surface area contributed by atoms with E-state index in [4.69, 9.17) is 27.9 Å². The number of benzene rings is 2. The largest absolute Gasteiger partial charge is 0.459 e. The van der Waals surface area contributed by atoms with Gasteiger partial charge in [0.25, 0.3) is 5.91 Å². The number of hydrogen-bond donors (Lipinski definition) is 1. The molecule has 0 aromatic heterocycles. The monoisotopic (exact) mass is 406 g/mol. The van der Waals surface area contributed by atoms with Crippen LogP contribution < -0.4 is 5.32 Å². The van der Waals surface area contributed by atoms with E-state index in [2.05, 4.69) is 5.32 Å². The fraction of sp³-hybridized carbons (Fsp3) is 0.211. The first-order valence-electron chi connectivity index (χ1n) is 8.10. The highest BCUT2D eigenvalue weighted by Crippen LogP contribution is 2.28. The number of carbonyl (C=O) groups excluding carboxylic acids is 3. The Balaban J connectivity index is 1.66. The lowest BCUT2D eigenvalue weighted by molar-refractivity contribution is -0.148. The van der Waals surface area contributed by atoms with E-state index in [0.29, 0.717) is 21.2 Å². The first-order chi connectivity index (χ1) is 12.8. The number of imide groups is 1. The maximum atomic E-state index is 12.7. The van der Waals surface area contributed by atoms with Gasteiger partial charge in [-0.15, -0.1) is 0 Å². The van der Waals surface area contributed by atoms with Gasteiger partial charge in [-0.2, -0.15) is 0 Å². The van der Waals surface area contributed by atoms with Crippen molar-refractivity contribution < 1.29 is 19.1 Å². The van der Waals surface area contributed by atoms with Gasteiger partial charge in [0.05, 0.1) is 0 Å². The Morgan fingerprint density at radius 2 is 1.85 bits per heavy atom. The average molecular weight is 407 g/mol. The number of nitrogens with zero attached hydrogens (tertiary/aromatic N) is 1. The summed E-state index contributed by atoms with van der Waals surface area (Å²) < 4.78 is 5.14. The highest BCUT2D eigenvalue weighted by Gasteiger charge is 2.49. The molecule has 0 radical (unpaired) electrons. The number of rotatable bonds is 5. The zero-order chi connectivity index (χ0) is 19.6. The molecule has 3 rings (SSSR count). The number of urea groups is 1. The summed E-state index contributed by atoms with van der Waals surface area (Å²) in [5.41, 5.74) is -0.0223. The molecule has 0 spiro atoms. The van der Waals surface area contributed by atoms with Crippen molar-refractivity contribution in [2.24, 2.45) is 0 Å². The first-order valence-corrected chi connectivity index (χ1v) is 8.86. The maximum absolute atomic E-state index is 12.7. The fourth-order valence-electron chi connectivity index (χ4n) is 2.78. The molecule has 140 valence electrons. The number of carbonyl (C=O) groups is 3. The van der Waals surface area contributed by atoms with Crippen LogP contribution in [0, 0.1) is 0 Å². The standard InChI is InChI=1S/C19H16Cl2N2O4/c1-19(13-5-3-2-4-6-13)17(25)23(18(26)22-19)10-16(24)27-11-12-7-8-14(20)9-15(12)21/h2-9H,10-11H2,1H3,(H,22,26)/t19-/m1/s1. The van der Waals surface area contributed by atoms with E-state index in [1.54, 1.807) is 43.3 Å². The van der Waals surface area contributed by atoms with Gasteiger partial charge in [0.1, 0.15) is 18.7 Å². The molecule has 0 bridgehead atoms. The minimum Gasteiger partial charge on any atom is -0.459 e. The molecular weight excluding hydrogens is 391 g/mol.